The molecule has 0 aliphatic heterocycles. The van der Waals surface area contributed by atoms with Crippen LogP contribution in [0.3, 0.4) is 0 Å². The van der Waals surface area contributed by atoms with E-state index in [1.165, 1.54) is 5.56 Å². The van der Waals surface area contributed by atoms with Crippen molar-refractivity contribution in [3.05, 3.63) is 59.9 Å². The lowest BCUT2D eigenvalue weighted by molar-refractivity contribution is 0.248. The maximum absolute atomic E-state index is 5.47. The summed E-state index contributed by atoms with van der Waals surface area (Å²) in [6.45, 7) is 4.89. The Morgan fingerprint density at radius 3 is 2.61 bits per heavy atom. The molecule has 0 spiro atoms. The Balaban J connectivity index is 1.78. The Kier molecular flexibility index (Phi) is 4.93. The average molecular weight is 309 g/mol. The van der Waals surface area contributed by atoms with Gasteiger partial charge in [0.25, 0.3) is 0 Å². The van der Waals surface area contributed by atoms with E-state index in [-0.39, 0.29) is 0 Å². The zero-order valence-corrected chi connectivity index (χ0v) is 13.7. The molecule has 120 valence electrons. The highest BCUT2D eigenvalue weighted by Gasteiger charge is 2.12. The first kappa shape index (κ1) is 15.6. The highest BCUT2D eigenvalue weighted by Crippen LogP contribution is 2.20. The van der Waals surface area contributed by atoms with Crippen molar-refractivity contribution in [1.82, 2.24) is 14.9 Å². The number of H-pyrrole nitrogens is 1. The normalized spacial score (nSPS) is 11.3. The lowest BCUT2D eigenvalue weighted by Crippen LogP contribution is -2.24. The van der Waals surface area contributed by atoms with Crippen molar-refractivity contribution in [1.29, 1.82) is 0 Å². The van der Waals surface area contributed by atoms with Crippen molar-refractivity contribution >= 4 is 11.0 Å². The fourth-order valence-electron chi connectivity index (χ4n) is 2.90. The largest absolute Gasteiger partial charge is 0.496 e. The molecule has 1 aromatic heterocycles. The van der Waals surface area contributed by atoms with Crippen molar-refractivity contribution in [2.75, 3.05) is 13.7 Å². The minimum Gasteiger partial charge on any atom is -0.496 e. The number of aromatic nitrogens is 2. The Bertz CT molecular complexity index is 733. The molecule has 0 radical (unpaired) electrons. The number of benzene rings is 2. The fourth-order valence-corrected chi connectivity index (χ4v) is 2.90. The maximum Gasteiger partial charge on any atom is 0.123 e. The number of imidazole rings is 1. The Morgan fingerprint density at radius 1 is 1.04 bits per heavy atom. The van der Waals surface area contributed by atoms with Crippen molar-refractivity contribution in [3.8, 4) is 5.75 Å². The number of nitrogens with one attached hydrogen (secondary N) is 1. The number of nitrogens with zero attached hydrogens (tertiary/aromatic N) is 2. The first-order valence-electron chi connectivity index (χ1n) is 8.08. The zero-order valence-electron chi connectivity index (χ0n) is 13.7. The molecule has 1 N–H and O–H groups in total. The number of para-hydroxylation sites is 3. The number of methoxy groups -OCH3 is 1. The molecule has 4 nitrogen and oxygen atoms in total. The quantitative estimate of drug-likeness (QED) is 0.717. The number of hydrogen-bond acceptors (Lipinski definition) is 3. The van der Waals surface area contributed by atoms with Crippen LogP contribution in [0, 0.1) is 0 Å². The van der Waals surface area contributed by atoms with Crippen LogP contribution in [0.2, 0.25) is 0 Å². The van der Waals surface area contributed by atoms with Crippen LogP contribution in [0.4, 0.5) is 0 Å². The van der Waals surface area contributed by atoms with Gasteiger partial charge in [0.05, 0.1) is 24.7 Å². The minimum absolute atomic E-state index is 0.806. The van der Waals surface area contributed by atoms with Crippen molar-refractivity contribution in [2.24, 2.45) is 0 Å². The number of aromatic amines is 1. The lowest BCUT2D eigenvalue weighted by Gasteiger charge is -2.21. The molecule has 23 heavy (non-hydrogen) atoms. The molecule has 3 rings (SSSR count). The summed E-state index contributed by atoms with van der Waals surface area (Å²) in [4.78, 5) is 10.5. The Hall–Kier alpha value is -2.33. The summed E-state index contributed by atoms with van der Waals surface area (Å²) in [6, 6.07) is 16.4. The van der Waals surface area contributed by atoms with Gasteiger partial charge >= 0.3 is 0 Å². The molecule has 0 fully saturated rings. The van der Waals surface area contributed by atoms with E-state index in [1.807, 2.05) is 30.3 Å². The van der Waals surface area contributed by atoms with Gasteiger partial charge in [0.15, 0.2) is 0 Å². The Morgan fingerprint density at radius 2 is 1.83 bits per heavy atom. The number of ether oxygens (including phenoxy) is 1. The topological polar surface area (TPSA) is 41.2 Å². The van der Waals surface area contributed by atoms with Crippen LogP contribution in [0.1, 0.15) is 24.7 Å². The molecule has 0 amide bonds. The van der Waals surface area contributed by atoms with Gasteiger partial charge in [0.2, 0.25) is 0 Å². The second-order valence-corrected chi connectivity index (χ2v) is 5.72. The molecule has 0 unspecified atom stereocenters. The van der Waals surface area contributed by atoms with Gasteiger partial charge in [-0.1, -0.05) is 37.3 Å². The van der Waals surface area contributed by atoms with E-state index in [9.17, 15) is 0 Å². The molecule has 0 aliphatic carbocycles. The summed E-state index contributed by atoms with van der Waals surface area (Å²) in [6.07, 6.45) is 1.11. The van der Waals surface area contributed by atoms with Gasteiger partial charge in [-0.05, 0) is 31.2 Å². The molecular formula is C19H23N3O. The van der Waals surface area contributed by atoms with E-state index in [4.69, 9.17) is 9.72 Å². The van der Waals surface area contributed by atoms with Gasteiger partial charge in [-0.15, -0.1) is 0 Å². The second kappa shape index (κ2) is 7.29. The summed E-state index contributed by atoms with van der Waals surface area (Å²) in [7, 11) is 1.72. The molecule has 2 aromatic carbocycles. The molecular weight excluding hydrogens is 286 g/mol. The van der Waals surface area contributed by atoms with Gasteiger partial charge in [-0.3, -0.25) is 4.90 Å². The number of fused-ring (bicyclic) bond motifs is 1. The molecule has 0 aliphatic rings. The summed E-state index contributed by atoms with van der Waals surface area (Å²) in [5, 5.41) is 0. The van der Waals surface area contributed by atoms with Crippen LogP contribution in [0.5, 0.6) is 5.75 Å². The molecule has 0 saturated heterocycles. The predicted molar refractivity (Wildman–Crippen MR) is 93.5 cm³/mol. The van der Waals surface area contributed by atoms with Gasteiger partial charge in [0.1, 0.15) is 11.6 Å². The van der Waals surface area contributed by atoms with E-state index >= 15 is 0 Å². The van der Waals surface area contributed by atoms with Crippen LogP contribution in [0.15, 0.2) is 48.5 Å². The summed E-state index contributed by atoms with van der Waals surface area (Å²) in [5.41, 5.74) is 3.33. The minimum atomic E-state index is 0.806. The number of hydrogen-bond donors (Lipinski definition) is 1. The van der Waals surface area contributed by atoms with Crippen LogP contribution in [-0.4, -0.2) is 28.5 Å². The van der Waals surface area contributed by atoms with E-state index in [2.05, 4.69) is 35.0 Å². The zero-order chi connectivity index (χ0) is 16.1. The lowest BCUT2D eigenvalue weighted by atomic mass is 10.2. The maximum atomic E-state index is 5.47. The second-order valence-electron chi connectivity index (χ2n) is 5.72. The first-order chi connectivity index (χ1) is 11.3. The fraction of sp³-hybridized carbons (Fsp3) is 0.316. The third-order valence-corrected chi connectivity index (χ3v) is 3.94. The van der Waals surface area contributed by atoms with Crippen LogP contribution in [0.25, 0.3) is 11.0 Å². The van der Waals surface area contributed by atoms with Crippen LogP contribution >= 0.6 is 0 Å². The molecule has 0 atom stereocenters. The van der Waals surface area contributed by atoms with E-state index < -0.39 is 0 Å². The molecule has 1 heterocycles. The summed E-state index contributed by atoms with van der Waals surface area (Å²) < 4.78 is 5.47. The Labute approximate surface area is 137 Å². The van der Waals surface area contributed by atoms with Crippen LogP contribution in [-0.2, 0) is 13.1 Å². The third kappa shape index (κ3) is 3.71. The number of rotatable bonds is 7. The van der Waals surface area contributed by atoms with Gasteiger partial charge < -0.3 is 9.72 Å². The highest BCUT2D eigenvalue weighted by atomic mass is 16.5. The summed E-state index contributed by atoms with van der Waals surface area (Å²) >= 11 is 0. The molecule has 0 saturated carbocycles. The SMILES string of the molecule is CCCN(Cc1nc2ccccc2[nH]1)Cc1ccccc1OC. The van der Waals surface area contributed by atoms with Gasteiger partial charge in [-0.25, -0.2) is 4.98 Å². The third-order valence-electron chi connectivity index (χ3n) is 3.94. The molecule has 3 aromatic rings. The predicted octanol–water partition coefficient (Wildman–Crippen LogP) is 3.98. The van der Waals surface area contributed by atoms with Crippen molar-refractivity contribution in [3.63, 3.8) is 0 Å². The summed E-state index contributed by atoms with van der Waals surface area (Å²) in [5.74, 6) is 1.95. The smallest absolute Gasteiger partial charge is 0.123 e. The van der Waals surface area contributed by atoms with Crippen molar-refractivity contribution in [2.45, 2.75) is 26.4 Å². The average Bonchev–Trinajstić information content (AvgIpc) is 2.97. The van der Waals surface area contributed by atoms with E-state index in [0.29, 0.717) is 0 Å². The van der Waals surface area contributed by atoms with Gasteiger partial charge in [-0.2, -0.15) is 0 Å². The molecule has 0 bridgehead atoms. The molecule has 4 heteroatoms. The van der Waals surface area contributed by atoms with E-state index in [0.717, 1.165) is 48.7 Å². The van der Waals surface area contributed by atoms with Crippen molar-refractivity contribution < 1.29 is 4.74 Å². The van der Waals surface area contributed by atoms with Gasteiger partial charge in [0, 0.05) is 12.1 Å². The van der Waals surface area contributed by atoms with Crippen LogP contribution < -0.4 is 4.74 Å². The highest BCUT2D eigenvalue weighted by molar-refractivity contribution is 5.74. The van der Waals surface area contributed by atoms with E-state index in [1.54, 1.807) is 7.11 Å². The first-order valence-corrected chi connectivity index (χ1v) is 8.08. The standard InChI is InChI=1S/C19H23N3O/c1-3-12-22(13-15-8-4-7-11-18(15)23-2)14-19-20-16-9-5-6-10-17(16)21-19/h4-11H,3,12-14H2,1-2H3,(H,20,21). The monoisotopic (exact) mass is 309 g/mol.